The summed E-state index contributed by atoms with van der Waals surface area (Å²) in [6.45, 7) is -0.0313. The zero-order chi connectivity index (χ0) is 9.84. The molecule has 0 aromatic heterocycles. The lowest BCUT2D eigenvalue weighted by atomic mass is 10.0. The lowest BCUT2D eigenvalue weighted by Gasteiger charge is -2.14. The van der Waals surface area contributed by atoms with E-state index in [2.05, 4.69) is 31.9 Å². The number of halogens is 2. The van der Waals surface area contributed by atoms with Gasteiger partial charge in [0.25, 0.3) is 0 Å². The molecule has 0 fully saturated rings. The lowest BCUT2D eigenvalue weighted by molar-refractivity contribution is 0.267. The van der Waals surface area contributed by atoms with Gasteiger partial charge in [-0.15, -0.1) is 0 Å². The molecule has 0 heterocycles. The molecule has 2 nitrogen and oxygen atoms in total. The quantitative estimate of drug-likeness (QED) is 0.842. The Morgan fingerprint density at radius 1 is 1.46 bits per heavy atom. The molecule has 0 spiro atoms. The number of hydrogen-bond donors (Lipinski definition) is 2. The Kier molecular flexibility index (Phi) is 4.38. The maximum Gasteiger partial charge on any atom is 0.0624 e. The summed E-state index contributed by atoms with van der Waals surface area (Å²) in [4.78, 5) is 0. The number of nitrogens with two attached hydrogens (primary N) is 1. The third-order valence-electron chi connectivity index (χ3n) is 1.88. The fourth-order valence-electron chi connectivity index (χ4n) is 1.16. The summed E-state index contributed by atoms with van der Waals surface area (Å²) in [5.74, 6) is 0. The second-order valence-corrected chi connectivity index (χ2v) is 4.15. The van der Waals surface area contributed by atoms with Crippen molar-refractivity contribution in [2.45, 2.75) is 11.4 Å². The average molecular weight is 309 g/mol. The Morgan fingerprint density at radius 2 is 2.15 bits per heavy atom. The van der Waals surface area contributed by atoms with Gasteiger partial charge < -0.3 is 10.8 Å². The molecule has 0 aliphatic carbocycles. The summed E-state index contributed by atoms with van der Waals surface area (Å²) in [5, 5.41) is 9.68. The molecule has 3 N–H and O–H groups in total. The van der Waals surface area contributed by atoms with Crippen LogP contribution in [0, 0.1) is 0 Å². The molecule has 4 heteroatoms. The van der Waals surface area contributed by atoms with Crippen molar-refractivity contribution >= 4 is 31.9 Å². The van der Waals surface area contributed by atoms with Gasteiger partial charge in [0, 0.05) is 9.80 Å². The highest BCUT2D eigenvalue weighted by Gasteiger charge is 2.11. The van der Waals surface area contributed by atoms with E-state index in [0.29, 0.717) is 0 Å². The van der Waals surface area contributed by atoms with Gasteiger partial charge in [0.2, 0.25) is 0 Å². The molecular formula is C9H11Br2NO. The molecule has 0 bridgehead atoms. The van der Waals surface area contributed by atoms with Crippen LogP contribution >= 0.6 is 31.9 Å². The van der Waals surface area contributed by atoms with Crippen molar-refractivity contribution in [3.05, 3.63) is 33.8 Å². The maximum atomic E-state index is 8.94. The summed E-state index contributed by atoms with van der Waals surface area (Å²) in [5.41, 5.74) is 7.83. The van der Waals surface area contributed by atoms with E-state index in [1.165, 1.54) is 0 Å². The maximum absolute atomic E-state index is 8.94. The summed E-state index contributed by atoms with van der Waals surface area (Å²) >= 11 is 6.83. The topological polar surface area (TPSA) is 46.2 Å². The summed E-state index contributed by atoms with van der Waals surface area (Å²) in [7, 11) is 0. The summed E-state index contributed by atoms with van der Waals surface area (Å²) in [6.07, 6.45) is 0. The highest BCUT2D eigenvalue weighted by atomic mass is 79.9. The minimum absolute atomic E-state index is 0.0313. The van der Waals surface area contributed by atoms with Crippen molar-refractivity contribution in [2.75, 3.05) is 6.61 Å². The number of rotatable bonds is 3. The first-order valence-electron chi connectivity index (χ1n) is 3.90. The highest BCUT2D eigenvalue weighted by Crippen LogP contribution is 2.26. The predicted molar refractivity (Wildman–Crippen MR) is 60.8 cm³/mol. The average Bonchev–Trinajstić information content (AvgIpc) is 2.16. The van der Waals surface area contributed by atoms with E-state index in [0.717, 1.165) is 20.9 Å². The second-order valence-electron chi connectivity index (χ2n) is 2.73. The van der Waals surface area contributed by atoms with Crippen LogP contribution in [0.15, 0.2) is 22.7 Å². The Morgan fingerprint density at radius 3 is 2.69 bits per heavy atom. The standard InChI is InChI=1S/C9H11Br2NO/c10-4-7-6(9(12)5-13)2-1-3-8(7)11/h1-3,9,13H,4-5,12H2/t9-/m0/s1. The van der Waals surface area contributed by atoms with Gasteiger partial charge >= 0.3 is 0 Å². The molecular weight excluding hydrogens is 298 g/mol. The first-order chi connectivity index (χ1) is 6.20. The van der Waals surface area contributed by atoms with Gasteiger partial charge in [0.05, 0.1) is 12.6 Å². The molecule has 0 unspecified atom stereocenters. The smallest absolute Gasteiger partial charge is 0.0624 e. The van der Waals surface area contributed by atoms with E-state index in [9.17, 15) is 0 Å². The van der Waals surface area contributed by atoms with E-state index in [1.54, 1.807) is 0 Å². The van der Waals surface area contributed by atoms with Gasteiger partial charge in [0.1, 0.15) is 0 Å². The van der Waals surface area contributed by atoms with Crippen molar-refractivity contribution in [1.29, 1.82) is 0 Å². The van der Waals surface area contributed by atoms with E-state index in [4.69, 9.17) is 10.8 Å². The molecule has 1 aromatic carbocycles. The van der Waals surface area contributed by atoms with Crippen LogP contribution in [0.25, 0.3) is 0 Å². The second kappa shape index (κ2) is 5.10. The van der Waals surface area contributed by atoms with E-state index in [1.807, 2.05) is 18.2 Å². The normalized spacial score (nSPS) is 12.9. The van der Waals surface area contributed by atoms with E-state index >= 15 is 0 Å². The number of aliphatic hydroxyl groups excluding tert-OH is 1. The Hall–Kier alpha value is 0.1000. The molecule has 0 radical (unpaired) electrons. The van der Waals surface area contributed by atoms with Gasteiger partial charge in [-0.25, -0.2) is 0 Å². The molecule has 0 aliphatic rings. The highest BCUT2D eigenvalue weighted by molar-refractivity contribution is 9.10. The number of aliphatic hydroxyl groups is 1. The SMILES string of the molecule is N[C@@H](CO)c1cccc(Br)c1CBr. The van der Waals surface area contributed by atoms with Crippen LogP contribution in [0.3, 0.4) is 0 Å². The monoisotopic (exact) mass is 307 g/mol. The zero-order valence-corrected chi connectivity index (χ0v) is 10.2. The van der Waals surface area contributed by atoms with Crippen molar-refractivity contribution in [3.63, 3.8) is 0 Å². The number of benzene rings is 1. The largest absolute Gasteiger partial charge is 0.394 e. The lowest BCUT2D eigenvalue weighted by Crippen LogP contribution is -2.16. The third-order valence-corrected chi connectivity index (χ3v) is 3.19. The van der Waals surface area contributed by atoms with Crippen molar-refractivity contribution in [2.24, 2.45) is 5.73 Å². The Balaban J connectivity index is 3.12. The van der Waals surface area contributed by atoms with Crippen LogP contribution < -0.4 is 5.73 Å². The van der Waals surface area contributed by atoms with Gasteiger partial charge in [-0.2, -0.15) is 0 Å². The number of alkyl halides is 1. The zero-order valence-electron chi connectivity index (χ0n) is 7.00. The number of hydrogen-bond acceptors (Lipinski definition) is 2. The van der Waals surface area contributed by atoms with Crippen molar-refractivity contribution in [3.8, 4) is 0 Å². The molecule has 0 saturated heterocycles. The molecule has 0 amide bonds. The van der Waals surface area contributed by atoms with Crippen LogP contribution in [0.5, 0.6) is 0 Å². The van der Waals surface area contributed by atoms with Crippen LogP contribution in [0.2, 0.25) is 0 Å². The molecule has 72 valence electrons. The first-order valence-corrected chi connectivity index (χ1v) is 5.81. The first kappa shape index (κ1) is 11.2. The molecule has 13 heavy (non-hydrogen) atoms. The van der Waals surface area contributed by atoms with Crippen molar-refractivity contribution < 1.29 is 5.11 Å². The molecule has 0 aliphatic heterocycles. The predicted octanol–water partition coefficient (Wildman–Crippen LogP) is 2.34. The molecule has 0 saturated carbocycles. The fraction of sp³-hybridized carbons (Fsp3) is 0.333. The van der Waals surface area contributed by atoms with Crippen molar-refractivity contribution in [1.82, 2.24) is 0 Å². The molecule has 1 atom stereocenters. The Labute approximate surface area is 94.4 Å². The van der Waals surface area contributed by atoms with E-state index in [-0.39, 0.29) is 12.6 Å². The third kappa shape index (κ3) is 2.53. The van der Waals surface area contributed by atoms with E-state index < -0.39 is 0 Å². The molecule has 1 rings (SSSR count). The van der Waals surface area contributed by atoms with Gasteiger partial charge in [-0.05, 0) is 17.2 Å². The Bertz CT molecular complexity index is 291. The van der Waals surface area contributed by atoms with Crippen LogP contribution in [0.4, 0.5) is 0 Å². The van der Waals surface area contributed by atoms with Crippen LogP contribution in [0.1, 0.15) is 17.2 Å². The van der Waals surface area contributed by atoms with Gasteiger partial charge in [0.15, 0.2) is 0 Å². The summed E-state index contributed by atoms with van der Waals surface area (Å²) < 4.78 is 1.02. The van der Waals surface area contributed by atoms with Crippen LogP contribution in [-0.4, -0.2) is 11.7 Å². The molecule has 1 aromatic rings. The fourth-order valence-corrected chi connectivity index (χ4v) is 2.69. The van der Waals surface area contributed by atoms with Gasteiger partial charge in [-0.1, -0.05) is 44.0 Å². The minimum atomic E-state index is -0.301. The summed E-state index contributed by atoms with van der Waals surface area (Å²) in [6, 6.07) is 5.51. The van der Waals surface area contributed by atoms with Crippen LogP contribution in [-0.2, 0) is 5.33 Å². The van der Waals surface area contributed by atoms with Gasteiger partial charge in [-0.3, -0.25) is 0 Å². The minimum Gasteiger partial charge on any atom is -0.394 e.